The molecule has 0 spiro atoms. The molecule has 0 bridgehead atoms. The van der Waals surface area contributed by atoms with Crippen LogP contribution in [0.3, 0.4) is 0 Å². The van der Waals surface area contributed by atoms with Crippen molar-refractivity contribution in [1.82, 2.24) is 0 Å². The molecule has 0 atom stereocenters. The summed E-state index contributed by atoms with van der Waals surface area (Å²) in [5.41, 5.74) is 0. The number of allylic oxidation sites excluding steroid dienone is 4. The molecular weight excluding hydrogens is 618 g/mol. The Balaban J connectivity index is 0. The van der Waals surface area contributed by atoms with Crippen molar-refractivity contribution in [2.45, 2.75) is 194 Å². The van der Waals surface area contributed by atoms with Crippen molar-refractivity contribution < 1.29 is 36.0 Å². The van der Waals surface area contributed by atoms with Crippen LogP contribution in [0.5, 0.6) is 0 Å². The summed E-state index contributed by atoms with van der Waals surface area (Å²) in [7, 11) is 3.77. The van der Waals surface area contributed by atoms with Crippen molar-refractivity contribution in [3.05, 3.63) is 24.3 Å². The number of halogens is 1. The summed E-state index contributed by atoms with van der Waals surface area (Å²) in [4.78, 5) is 24.7. The molecule has 0 aliphatic carbocycles. The van der Waals surface area contributed by atoms with Crippen LogP contribution in [-0.4, -0.2) is 56.8 Å². The van der Waals surface area contributed by atoms with Gasteiger partial charge in [-0.15, -0.1) is 0 Å². The van der Waals surface area contributed by atoms with Crippen molar-refractivity contribution in [1.29, 1.82) is 0 Å². The van der Waals surface area contributed by atoms with E-state index in [1.165, 1.54) is 154 Å². The van der Waals surface area contributed by atoms with Crippen molar-refractivity contribution in [3.63, 3.8) is 0 Å². The second kappa shape index (κ2) is 38.5. The number of hydrogen-bond acceptors (Lipinski definition) is 4. The summed E-state index contributed by atoms with van der Waals surface area (Å²) in [6.45, 7) is 5.87. The quantitative estimate of drug-likeness (QED) is 0.0284. The molecule has 5 nitrogen and oxygen atoms in total. The number of quaternary nitrogens is 1. The molecular formula is C42H80ClNO4. The SMILES string of the molecule is CCCCCCCCC=CCCCCCCCCOC(=O)C[N+](C)(C)CC(=O)OCCCCCCCCC=CCCCCCCCC.[Cl-]. The molecule has 0 radical (unpaired) electrons. The van der Waals surface area contributed by atoms with E-state index in [9.17, 15) is 9.59 Å². The van der Waals surface area contributed by atoms with Crippen LogP contribution in [-0.2, 0) is 19.1 Å². The Morgan fingerprint density at radius 1 is 0.417 bits per heavy atom. The summed E-state index contributed by atoms with van der Waals surface area (Å²) in [5, 5.41) is 0. The Bertz CT molecular complexity index is 692. The van der Waals surface area contributed by atoms with Crippen LogP contribution in [0.15, 0.2) is 24.3 Å². The lowest BCUT2D eigenvalue weighted by molar-refractivity contribution is -0.875. The molecule has 0 fully saturated rings. The fraction of sp³-hybridized carbons (Fsp3) is 0.857. The maximum absolute atomic E-state index is 12.3. The van der Waals surface area contributed by atoms with E-state index in [-0.39, 0.29) is 41.9 Å². The van der Waals surface area contributed by atoms with Gasteiger partial charge in [0.05, 0.1) is 27.3 Å². The van der Waals surface area contributed by atoms with Gasteiger partial charge in [-0.1, -0.05) is 154 Å². The first-order valence-electron chi connectivity index (χ1n) is 20.3. The first-order chi connectivity index (χ1) is 22.9. The molecule has 0 aromatic rings. The maximum atomic E-state index is 12.3. The van der Waals surface area contributed by atoms with E-state index >= 15 is 0 Å². The zero-order valence-corrected chi connectivity index (χ0v) is 33.2. The number of carbonyl (C=O) groups is 2. The Morgan fingerprint density at radius 3 is 0.958 bits per heavy atom. The van der Waals surface area contributed by atoms with Crippen molar-refractivity contribution in [3.8, 4) is 0 Å². The first kappa shape index (κ1) is 48.8. The van der Waals surface area contributed by atoms with E-state index in [2.05, 4.69) is 38.2 Å². The Morgan fingerprint density at radius 2 is 0.667 bits per heavy atom. The molecule has 0 rings (SSSR count). The average Bonchev–Trinajstić information content (AvgIpc) is 3.03. The van der Waals surface area contributed by atoms with Crippen LogP contribution in [0.1, 0.15) is 194 Å². The standard InChI is InChI=1S/C42H80NO4.ClH/c1-5-7-9-11-13-15-17-19-21-23-25-27-29-31-33-35-37-46-41(44)39-43(3,4)40-42(45)47-38-36-34-32-30-28-26-24-22-20-18-16-14-12-10-8-6-2;/h19-22H,5-18,23-40H2,1-4H3;1H/q+1;/p-1. The molecule has 0 amide bonds. The third kappa shape index (κ3) is 39.1. The van der Waals surface area contributed by atoms with Gasteiger partial charge in [-0.2, -0.15) is 0 Å². The molecule has 0 aliphatic rings. The lowest BCUT2D eigenvalue weighted by Gasteiger charge is -2.27. The van der Waals surface area contributed by atoms with Crippen LogP contribution in [0.25, 0.3) is 0 Å². The third-order valence-electron chi connectivity index (χ3n) is 8.95. The third-order valence-corrected chi connectivity index (χ3v) is 8.95. The molecule has 0 saturated carbocycles. The van der Waals surface area contributed by atoms with Gasteiger partial charge in [0, 0.05) is 0 Å². The fourth-order valence-corrected chi connectivity index (χ4v) is 5.92. The molecule has 0 saturated heterocycles. The van der Waals surface area contributed by atoms with Gasteiger partial charge in [-0.05, 0) is 64.2 Å². The van der Waals surface area contributed by atoms with Crippen LogP contribution < -0.4 is 12.4 Å². The molecule has 0 heterocycles. The first-order valence-corrected chi connectivity index (χ1v) is 20.3. The van der Waals surface area contributed by atoms with Crippen molar-refractivity contribution >= 4 is 11.9 Å². The van der Waals surface area contributed by atoms with E-state index < -0.39 is 0 Å². The Labute approximate surface area is 305 Å². The summed E-state index contributed by atoms with van der Waals surface area (Å²) >= 11 is 0. The highest BCUT2D eigenvalue weighted by Crippen LogP contribution is 2.12. The van der Waals surface area contributed by atoms with Gasteiger partial charge in [0.1, 0.15) is 0 Å². The second-order valence-corrected chi connectivity index (χ2v) is 14.6. The van der Waals surface area contributed by atoms with Gasteiger partial charge in [-0.25, -0.2) is 9.59 Å². The van der Waals surface area contributed by atoms with E-state index in [1.54, 1.807) is 0 Å². The molecule has 0 unspecified atom stereocenters. The van der Waals surface area contributed by atoms with Crippen LogP contribution in [0, 0.1) is 0 Å². The van der Waals surface area contributed by atoms with Gasteiger partial charge in [0.15, 0.2) is 13.1 Å². The molecule has 284 valence electrons. The maximum Gasteiger partial charge on any atom is 0.361 e. The second-order valence-electron chi connectivity index (χ2n) is 14.6. The smallest absolute Gasteiger partial charge is 0.361 e. The minimum absolute atomic E-state index is 0. The topological polar surface area (TPSA) is 52.6 Å². The number of ether oxygens (including phenoxy) is 2. The zero-order chi connectivity index (χ0) is 34.5. The van der Waals surface area contributed by atoms with E-state index in [0.29, 0.717) is 13.2 Å². The summed E-state index contributed by atoms with van der Waals surface area (Å²) in [5.74, 6) is -0.465. The highest BCUT2D eigenvalue weighted by molar-refractivity contribution is 5.73. The average molecular weight is 699 g/mol. The van der Waals surface area contributed by atoms with E-state index in [0.717, 1.165) is 25.7 Å². The number of likely N-dealkylation sites (N-methyl/N-ethyl adjacent to an activating group) is 1. The zero-order valence-electron chi connectivity index (χ0n) is 32.4. The van der Waals surface area contributed by atoms with Gasteiger partial charge in [0.2, 0.25) is 0 Å². The molecule has 0 N–H and O–H groups in total. The van der Waals surface area contributed by atoms with Gasteiger partial charge in [0.25, 0.3) is 0 Å². The van der Waals surface area contributed by atoms with Crippen molar-refractivity contribution in [2.24, 2.45) is 0 Å². The van der Waals surface area contributed by atoms with Crippen LogP contribution in [0.2, 0.25) is 0 Å². The highest BCUT2D eigenvalue weighted by atomic mass is 35.5. The number of hydrogen-bond donors (Lipinski definition) is 0. The lowest BCUT2D eigenvalue weighted by atomic mass is 10.1. The van der Waals surface area contributed by atoms with Crippen LogP contribution in [0.4, 0.5) is 0 Å². The molecule has 0 aliphatic heterocycles. The van der Waals surface area contributed by atoms with Crippen molar-refractivity contribution in [2.75, 3.05) is 40.4 Å². The molecule has 0 aromatic heterocycles. The highest BCUT2D eigenvalue weighted by Gasteiger charge is 2.25. The van der Waals surface area contributed by atoms with Gasteiger partial charge >= 0.3 is 11.9 Å². The number of nitrogens with zero attached hydrogens (tertiary/aromatic N) is 1. The van der Waals surface area contributed by atoms with E-state index in [1.807, 2.05) is 14.1 Å². The fourth-order valence-electron chi connectivity index (χ4n) is 5.92. The largest absolute Gasteiger partial charge is 1.00 e. The predicted molar refractivity (Wildman–Crippen MR) is 203 cm³/mol. The van der Waals surface area contributed by atoms with Crippen LogP contribution >= 0.6 is 0 Å². The van der Waals surface area contributed by atoms with E-state index in [4.69, 9.17) is 9.47 Å². The summed E-state index contributed by atoms with van der Waals surface area (Å²) < 4.78 is 11.2. The monoisotopic (exact) mass is 698 g/mol. The summed E-state index contributed by atoms with van der Waals surface area (Å²) in [6, 6.07) is 0. The van der Waals surface area contributed by atoms with Gasteiger partial charge in [-0.3, -0.25) is 0 Å². The molecule has 6 heteroatoms. The minimum Gasteiger partial charge on any atom is -1.00 e. The summed E-state index contributed by atoms with van der Waals surface area (Å²) in [6.07, 6.45) is 44.8. The number of unbranched alkanes of at least 4 members (excludes halogenated alkanes) is 24. The number of rotatable bonds is 36. The number of carbonyl (C=O) groups excluding carboxylic acids is 2. The Kier molecular flexibility index (Phi) is 39.1. The minimum atomic E-state index is -0.233. The van der Waals surface area contributed by atoms with Gasteiger partial charge < -0.3 is 26.4 Å². The molecule has 48 heavy (non-hydrogen) atoms. The number of esters is 2. The Hall–Kier alpha value is -1.33. The molecule has 0 aromatic carbocycles. The predicted octanol–water partition coefficient (Wildman–Crippen LogP) is 9.23. The normalized spacial score (nSPS) is 11.8. The lowest BCUT2D eigenvalue weighted by Crippen LogP contribution is -3.00.